The number of carbonyl (C=O) groups excluding carboxylic acids is 1. The van der Waals surface area contributed by atoms with Gasteiger partial charge in [0.2, 0.25) is 0 Å². The Morgan fingerprint density at radius 3 is 2.75 bits per heavy atom. The Bertz CT molecular complexity index is 94.7. The summed E-state index contributed by atoms with van der Waals surface area (Å²) >= 11 is 0. The third-order valence-corrected chi connectivity index (χ3v) is 0.691. The fraction of sp³-hybridized carbons (Fsp3) is 0.500. The van der Waals surface area contributed by atoms with Crippen LogP contribution in [0.3, 0.4) is 0 Å². The average Bonchev–Trinajstić information content (AvgIpc) is 1.83. The van der Waals surface area contributed by atoms with Gasteiger partial charge in [0.1, 0.15) is 0 Å². The minimum Gasteiger partial charge on any atom is -0.466 e. The molecule has 8 heavy (non-hydrogen) atoms. The molecule has 0 fully saturated rings. The van der Waals surface area contributed by atoms with Gasteiger partial charge in [-0.2, -0.15) is 0 Å². The molecule has 0 saturated heterocycles. The first-order chi connectivity index (χ1) is 3.81. The molecule has 0 N–H and O–H groups in total. The maximum absolute atomic E-state index is 10.3. The van der Waals surface area contributed by atoms with E-state index in [-0.39, 0.29) is 5.97 Å². The summed E-state index contributed by atoms with van der Waals surface area (Å²) in [7, 11) is 1.36. The molecular formula is C6H10O2. The largest absolute Gasteiger partial charge is 0.466 e. The number of rotatable bonds is 2. The third kappa shape index (κ3) is 3.40. The highest BCUT2D eigenvalue weighted by atomic mass is 16.5. The van der Waals surface area contributed by atoms with E-state index in [1.807, 2.05) is 6.92 Å². The quantitative estimate of drug-likeness (QED) is 0.397. The predicted octanol–water partition coefficient (Wildman–Crippen LogP) is 1.13. The van der Waals surface area contributed by atoms with Crippen LogP contribution < -0.4 is 0 Å². The van der Waals surface area contributed by atoms with Crippen LogP contribution >= 0.6 is 0 Å². The second-order valence-electron chi connectivity index (χ2n) is 1.33. The maximum atomic E-state index is 10.3. The minimum absolute atomic E-state index is 0.285. The topological polar surface area (TPSA) is 26.3 Å². The molecule has 0 rings (SSSR count). The Kier molecular flexibility index (Phi) is 3.94. The zero-order chi connectivity index (χ0) is 6.41. The van der Waals surface area contributed by atoms with Crippen molar-refractivity contribution in [3.63, 3.8) is 0 Å². The van der Waals surface area contributed by atoms with E-state index in [1.54, 1.807) is 6.08 Å². The van der Waals surface area contributed by atoms with Crippen molar-refractivity contribution in [2.45, 2.75) is 13.3 Å². The van der Waals surface area contributed by atoms with Crippen LogP contribution in [0.2, 0.25) is 0 Å². The van der Waals surface area contributed by atoms with Crippen molar-refractivity contribution < 1.29 is 9.53 Å². The Morgan fingerprint density at radius 1 is 1.75 bits per heavy atom. The standard InChI is InChI=1S/C6H10O2/c1-3-4-5-6(7)8-2/h4-5H,3H2,1-2H3/b5-4+. The molecule has 0 atom stereocenters. The Labute approximate surface area is 49.1 Å². The molecule has 0 aromatic heterocycles. The van der Waals surface area contributed by atoms with Crippen LogP contribution in [-0.2, 0) is 9.53 Å². The molecule has 46 valence electrons. The van der Waals surface area contributed by atoms with Crippen molar-refractivity contribution >= 4 is 5.97 Å². The number of hydrogen-bond donors (Lipinski definition) is 0. The molecule has 2 nitrogen and oxygen atoms in total. The van der Waals surface area contributed by atoms with Gasteiger partial charge >= 0.3 is 5.97 Å². The summed E-state index contributed by atoms with van der Waals surface area (Å²) < 4.78 is 4.33. The molecule has 0 heterocycles. The zero-order valence-corrected chi connectivity index (χ0v) is 5.18. The number of esters is 1. The summed E-state index contributed by atoms with van der Waals surface area (Å²) in [6.07, 6.45) is 4.04. The predicted molar refractivity (Wildman–Crippen MR) is 31.4 cm³/mol. The van der Waals surface area contributed by atoms with Gasteiger partial charge in [0.05, 0.1) is 7.11 Å². The molecule has 2 heteroatoms. The third-order valence-electron chi connectivity index (χ3n) is 0.691. The van der Waals surface area contributed by atoms with Gasteiger partial charge in [-0.15, -0.1) is 0 Å². The lowest BCUT2D eigenvalue weighted by atomic mass is 10.4. The molecule has 0 unspecified atom stereocenters. The minimum atomic E-state index is -0.285. The van der Waals surface area contributed by atoms with Crippen molar-refractivity contribution in [1.82, 2.24) is 0 Å². The fourth-order valence-corrected chi connectivity index (χ4v) is 0.282. The molecule has 0 amide bonds. The van der Waals surface area contributed by atoms with Crippen LogP contribution in [0.4, 0.5) is 0 Å². The average molecular weight is 114 g/mol. The monoisotopic (exact) mass is 114 g/mol. The molecule has 0 aliphatic rings. The molecule has 0 radical (unpaired) electrons. The highest BCUT2D eigenvalue weighted by Gasteiger charge is 1.85. The summed E-state index contributed by atoms with van der Waals surface area (Å²) in [4.78, 5) is 10.3. The van der Waals surface area contributed by atoms with E-state index >= 15 is 0 Å². The number of hydrogen-bond acceptors (Lipinski definition) is 2. The van der Waals surface area contributed by atoms with Crippen molar-refractivity contribution in [2.75, 3.05) is 7.11 Å². The normalized spacial score (nSPS) is 9.75. The SMILES string of the molecule is CC/C=C/C(=O)OC. The highest BCUT2D eigenvalue weighted by Crippen LogP contribution is 1.80. The molecule has 0 spiro atoms. The van der Waals surface area contributed by atoms with Crippen LogP contribution in [-0.4, -0.2) is 13.1 Å². The van der Waals surface area contributed by atoms with Gasteiger partial charge in [-0.05, 0) is 6.42 Å². The van der Waals surface area contributed by atoms with Gasteiger partial charge < -0.3 is 4.74 Å². The van der Waals surface area contributed by atoms with Crippen LogP contribution in [0.15, 0.2) is 12.2 Å². The molecule has 0 bridgehead atoms. The molecule has 0 aromatic carbocycles. The second-order valence-corrected chi connectivity index (χ2v) is 1.33. The number of methoxy groups -OCH3 is 1. The smallest absolute Gasteiger partial charge is 0.330 e. The highest BCUT2D eigenvalue weighted by molar-refractivity contribution is 5.81. The van der Waals surface area contributed by atoms with Crippen LogP contribution in [0, 0.1) is 0 Å². The van der Waals surface area contributed by atoms with Gasteiger partial charge in [0.25, 0.3) is 0 Å². The summed E-state index contributed by atoms with van der Waals surface area (Å²) in [5, 5.41) is 0. The zero-order valence-electron chi connectivity index (χ0n) is 5.18. The van der Waals surface area contributed by atoms with Gasteiger partial charge in [0, 0.05) is 6.08 Å². The van der Waals surface area contributed by atoms with Gasteiger partial charge in [-0.3, -0.25) is 0 Å². The summed E-state index contributed by atoms with van der Waals surface area (Å²) in [5.41, 5.74) is 0. The molecule has 0 aliphatic heterocycles. The van der Waals surface area contributed by atoms with Gasteiger partial charge in [0.15, 0.2) is 0 Å². The fourth-order valence-electron chi connectivity index (χ4n) is 0.282. The Balaban J connectivity index is 3.37. The van der Waals surface area contributed by atoms with Crippen molar-refractivity contribution in [2.24, 2.45) is 0 Å². The lowest BCUT2D eigenvalue weighted by Crippen LogP contribution is -1.92. The Hall–Kier alpha value is -0.790. The van der Waals surface area contributed by atoms with E-state index < -0.39 is 0 Å². The summed E-state index contributed by atoms with van der Waals surface area (Å²) in [6, 6.07) is 0. The lowest BCUT2D eigenvalue weighted by molar-refractivity contribution is -0.134. The van der Waals surface area contributed by atoms with E-state index in [0.717, 1.165) is 6.42 Å². The number of carbonyl (C=O) groups is 1. The first kappa shape index (κ1) is 7.21. The van der Waals surface area contributed by atoms with Gasteiger partial charge in [-0.1, -0.05) is 13.0 Å². The molecule has 0 aliphatic carbocycles. The van der Waals surface area contributed by atoms with Crippen LogP contribution in [0.25, 0.3) is 0 Å². The van der Waals surface area contributed by atoms with Crippen LogP contribution in [0.5, 0.6) is 0 Å². The molecular weight excluding hydrogens is 104 g/mol. The van der Waals surface area contributed by atoms with E-state index in [9.17, 15) is 4.79 Å². The molecule has 0 aromatic rings. The van der Waals surface area contributed by atoms with E-state index in [0.29, 0.717) is 0 Å². The summed E-state index contributed by atoms with van der Waals surface area (Å²) in [6.45, 7) is 1.96. The lowest BCUT2D eigenvalue weighted by Gasteiger charge is -1.86. The number of allylic oxidation sites excluding steroid dienone is 1. The summed E-state index contributed by atoms with van der Waals surface area (Å²) in [5.74, 6) is -0.285. The van der Waals surface area contributed by atoms with Crippen LogP contribution in [0.1, 0.15) is 13.3 Å². The van der Waals surface area contributed by atoms with E-state index in [1.165, 1.54) is 13.2 Å². The van der Waals surface area contributed by atoms with E-state index in [2.05, 4.69) is 4.74 Å². The van der Waals surface area contributed by atoms with Crippen molar-refractivity contribution in [1.29, 1.82) is 0 Å². The first-order valence-electron chi connectivity index (χ1n) is 2.55. The first-order valence-corrected chi connectivity index (χ1v) is 2.55. The van der Waals surface area contributed by atoms with E-state index in [4.69, 9.17) is 0 Å². The van der Waals surface area contributed by atoms with Crippen molar-refractivity contribution in [3.05, 3.63) is 12.2 Å². The van der Waals surface area contributed by atoms with Crippen molar-refractivity contribution in [3.8, 4) is 0 Å². The molecule has 0 saturated carbocycles. The van der Waals surface area contributed by atoms with Gasteiger partial charge in [-0.25, -0.2) is 4.79 Å². The number of ether oxygens (including phenoxy) is 1. The second kappa shape index (κ2) is 4.37. The Morgan fingerprint density at radius 2 is 2.38 bits per heavy atom. The maximum Gasteiger partial charge on any atom is 0.330 e.